The Balaban J connectivity index is 1.33. The zero-order chi connectivity index (χ0) is 17.8. The molecule has 0 unspecified atom stereocenters. The quantitative estimate of drug-likeness (QED) is 0.919. The summed E-state index contributed by atoms with van der Waals surface area (Å²) >= 11 is 0. The topological polar surface area (TPSA) is 41.6 Å². The highest BCUT2D eigenvalue weighted by Crippen LogP contribution is 2.24. The number of fused-ring (bicyclic) bond motifs is 1. The number of nitrogens with zero attached hydrogens (tertiary/aromatic N) is 1. The summed E-state index contributed by atoms with van der Waals surface area (Å²) in [6.07, 6.45) is 4.76. The Bertz CT molecular complexity index is 751. The summed E-state index contributed by atoms with van der Waals surface area (Å²) < 4.78 is 5.76. The lowest BCUT2D eigenvalue weighted by atomic mass is 10.0. The molecule has 1 saturated heterocycles. The monoisotopic (exact) mass is 350 g/mol. The standard InChI is InChI=1S/C22H26N2O2/c25-22(23-20-14-19-6-2-3-7-21(19)26-16-20)18-10-8-17(9-11-18)15-24-12-4-1-5-13-24/h2-3,6-11,20H,1,4-5,12-16H2,(H,23,25)/t20-/m0/s1. The highest BCUT2D eigenvalue weighted by molar-refractivity contribution is 5.94. The second kappa shape index (κ2) is 7.92. The molecular formula is C22H26N2O2. The molecule has 4 rings (SSSR count). The third-order valence-corrected chi connectivity index (χ3v) is 5.29. The van der Waals surface area contributed by atoms with E-state index >= 15 is 0 Å². The van der Waals surface area contributed by atoms with E-state index < -0.39 is 0 Å². The van der Waals surface area contributed by atoms with Crippen molar-refractivity contribution in [3.05, 3.63) is 65.2 Å². The highest BCUT2D eigenvalue weighted by atomic mass is 16.5. The van der Waals surface area contributed by atoms with Crippen LogP contribution in [0.15, 0.2) is 48.5 Å². The molecule has 0 aliphatic carbocycles. The van der Waals surface area contributed by atoms with Gasteiger partial charge in [-0.05, 0) is 61.7 Å². The van der Waals surface area contributed by atoms with Gasteiger partial charge in [-0.3, -0.25) is 9.69 Å². The predicted molar refractivity (Wildman–Crippen MR) is 102 cm³/mol. The van der Waals surface area contributed by atoms with Crippen molar-refractivity contribution in [3.8, 4) is 5.75 Å². The van der Waals surface area contributed by atoms with Crippen molar-refractivity contribution in [1.82, 2.24) is 10.2 Å². The Kier molecular flexibility index (Phi) is 5.21. The fourth-order valence-electron chi connectivity index (χ4n) is 3.83. The van der Waals surface area contributed by atoms with Crippen LogP contribution in [0.25, 0.3) is 0 Å². The molecule has 4 heteroatoms. The second-order valence-electron chi connectivity index (χ2n) is 7.33. The molecule has 2 aromatic carbocycles. The van der Waals surface area contributed by atoms with E-state index in [-0.39, 0.29) is 11.9 Å². The fraction of sp³-hybridized carbons (Fsp3) is 0.409. The lowest BCUT2D eigenvalue weighted by Crippen LogP contribution is -2.42. The molecule has 2 aromatic rings. The zero-order valence-corrected chi connectivity index (χ0v) is 15.1. The number of amides is 1. The normalized spacial score (nSPS) is 20.1. The van der Waals surface area contributed by atoms with Gasteiger partial charge in [-0.1, -0.05) is 36.8 Å². The molecular weight excluding hydrogens is 324 g/mol. The van der Waals surface area contributed by atoms with Gasteiger partial charge < -0.3 is 10.1 Å². The molecule has 1 N–H and O–H groups in total. The summed E-state index contributed by atoms with van der Waals surface area (Å²) in [5.41, 5.74) is 3.14. The number of hydrogen-bond donors (Lipinski definition) is 1. The summed E-state index contributed by atoms with van der Waals surface area (Å²) in [5, 5.41) is 3.10. The molecule has 4 nitrogen and oxygen atoms in total. The summed E-state index contributed by atoms with van der Waals surface area (Å²) in [4.78, 5) is 15.0. The molecule has 2 heterocycles. The van der Waals surface area contributed by atoms with Gasteiger partial charge in [-0.25, -0.2) is 0 Å². The van der Waals surface area contributed by atoms with Crippen LogP contribution in [0.1, 0.15) is 40.7 Å². The Hall–Kier alpha value is -2.33. The average Bonchev–Trinajstić information content (AvgIpc) is 2.69. The van der Waals surface area contributed by atoms with E-state index in [0.29, 0.717) is 12.2 Å². The van der Waals surface area contributed by atoms with Crippen LogP contribution in [0.5, 0.6) is 5.75 Å². The summed E-state index contributed by atoms with van der Waals surface area (Å²) in [6, 6.07) is 16.1. The fourth-order valence-corrected chi connectivity index (χ4v) is 3.83. The van der Waals surface area contributed by atoms with E-state index in [1.807, 2.05) is 30.3 Å². The first-order chi connectivity index (χ1) is 12.8. The summed E-state index contributed by atoms with van der Waals surface area (Å²) in [5.74, 6) is 0.905. The third kappa shape index (κ3) is 4.07. The Morgan fingerprint density at radius 3 is 2.62 bits per heavy atom. The maximum Gasteiger partial charge on any atom is 0.251 e. The zero-order valence-electron chi connectivity index (χ0n) is 15.1. The number of para-hydroxylation sites is 1. The predicted octanol–water partition coefficient (Wildman–Crippen LogP) is 3.41. The number of rotatable bonds is 4. The molecule has 0 spiro atoms. The summed E-state index contributed by atoms with van der Waals surface area (Å²) in [7, 11) is 0. The van der Waals surface area contributed by atoms with Crippen molar-refractivity contribution in [2.45, 2.75) is 38.3 Å². The molecule has 0 aromatic heterocycles. The first-order valence-corrected chi connectivity index (χ1v) is 9.61. The van der Waals surface area contributed by atoms with Crippen LogP contribution in [0, 0.1) is 0 Å². The number of benzene rings is 2. The smallest absolute Gasteiger partial charge is 0.251 e. The first-order valence-electron chi connectivity index (χ1n) is 9.61. The number of nitrogens with one attached hydrogen (secondary N) is 1. The van der Waals surface area contributed by atoms with Gasteiger partial charge in [-0.2, -0.15) is 0 Å². The van der Waals surface area contributed by atoms with Gasteiger partial charge in [0.25, 0.3) is 5.91 Å². The van der Waals surface area contributed by atoms with Gasteiger partial charge in [0, 0.05) is 12.1 Å². The Morgan fingerprint density at radius 1 is 1.04 bits per heavy atom. The molecule has 1 fully saturated rings. The number of ether oxygens (including phenoxy) is 1. The van der Waals surface area contributed by atoms with E-state index in [4.69, 9.17) is 4.74 Å². The number of carbonyl (C=O) groups excluding carboxylic acids is 1. The van der Waals surface area contributed by atoms with Crippen LogP contribution in [-0.4, -0.2) is 36.5 Å². The van der Waals surface area contributed by atoms with Crippen LogP contribution in [0.4, 0.5) is 0 Å². The van der Waals surface area contributed by atoms with Crippen molar-refractivity contribution >= 4 is 5.91 Å². The molecule has 0 radical (unpaired) electrons. The van der Waals surface area contributed by atoms with E-state index in [1.54, 1.807) is 0 Å². The van der Waals surface area contributed by atoms with E-state index in [9.17, 15) is 4.79 Å². The largest absolute Gasteiger partial charge is 0.491 e. The van der Waals surface area contributed by atoms with Crippen LogP contribution in [0.2, 0.25) is 0 Å². The van der Waals surface area contributed by atoms with Crippen molar-refractivity contribution in [1.29, 1.82) is 0 Å². The van der Waals surface area contributed by atoms with E-state index in [2.05, 4.69) is 28.4 Å². The van der Waals surface area contributed by atoms with Crippen LogP contribution in [-0.2, 0) is 13.0 Å². The Morgan fingerprint density at radius 2 is 1.81 bits per heavy atom. The van der Waals surface area contributed by atoms with Crippen molar-refractivity contribution in [2.75, 3.05) is 19.7 Å². The molecule has 2 aliphatic heterocycles. The molecule has 26 heavy (non-hydrogen) atoms. The number of piperidine rings is 1. The van der Waals surface area contributed by atoms with Crippen LogP contribution >= 0.6 is 0 Å². The van der Waals surface area contributed by atoms with Gasteiger partial charge in [-0.15, -0.1) is 0 Å². The maximum atomic E-state index is 12.5. The average molecular weight is 350 g/mol. The minimum atomic E-state index is -0.0255. The number of carbonyl (C=O) groups is 1. The molecule has 1 atom stereocenters. The van der Waals surface area contributed by atoms with Crippen molar-refractivity contribution in [3.63, 3.8) is 0 Å². The SMILES string of the molecule is O=C(N[C@@H]1COc2ccccc2C1)c1ccc(CN2CCCCC2)cc1. The van der Waals surface area contributed by atoms with Gasteiger partial charge in [0.05, 0.1) is 6.04 Å². The van der Waals surface area contributed by atoms with Gasteiger partial charge in [0.1, 0.15) is 12.4 Å². The molecule has 1 amide bonds. The first kappa shape index (κ1) is 17.1. The van der Waals surface area contributed by atoms with Gasteiger partial charge in [0.15, 0.2) is 0 Å². The minimum Gasteiger partial charge on any atom is -0.491 e. The van der Waals surface area contributed by atoms with E-state index in [1.165, 1.54) is 37.9 Å². The lowest BCUT2D eigenvalue weighted by molar-refractivity contribution is 0.0915. The van der Waals surface area contributed by atoms with Crippen molar-refractivity contribution in [2.24, 2.45) is 0 Å². The molecule has 136 valence electrons. The number of hydrogen-bond acceptors (Lipinski definition) is 3. The van der Waals surface area contributed by atoms with Crippen molar-refractivity contribution < 1.29 is 9.53 Å². The molecule has 2 aliphatic rings. The summed E-state index contributed by atoms with van der Waals surface area (Å²) in [6.45, 7) is 3.88. The van der Waals surface area contributed by atoms with Gasteiger partial charge in [0.2, 0.25) is 0 Å². The lowest BCUT2D eigenvalue weighted by Gasteiger charge is -2.27. The van der Waals surface area contributed by atoms with Crippen LogP contribution < -0.4 is 10.1 Å². The molecule has 0 saturated carbocycles. The van der Waals surface area contributed by atoms with E-state index in [0.717, 1.165) is 24.3 Å². The van der Waals surface area contributed by atoms with Gasteiger partial charge >= 0.3 is 0 Å². The molecule has 0 bridgehead atoms. The maximum absolute atomic E-state index is 12.5. The minimum absolute atomic E-state index is 0.0189. The Labute approximate surface area is 155 Å². The third-order valence-electron chi connectivity index (χ3n) is 5.29. The number of likely N-dealkylation sites (tertiary alicyclic amines) is 1. The highest BCUT2D eigenvalue weighted by Gasteiger charge is 2.21. The van der Waals surface area contributed by atoms with Crippen LogP contribution in [0.3, 0.4) is 0 Å². The second-order valence-corrected chi connectivity index (χ2v) is 7.33.